The quantitative estimate of drug-likeness (QED) is 0.512. The maximum atomic E-state index is 12.5. The molecule has 6 nitrogen and oxygen atoms in total. The number of nitrogens with zero attached hydrogens (tertiary/aromatic N) is 2. The van der Waals surface area contributed by atoms with Crippen LogP contribution in [0, 0.1) is 0 Å². The summed E-state index contributed by atoms with van der Waals surface area (Å²) in [4.78, 5) is 10.3. The molecular weight excluding hydrogens is 271 g/mol. The first-order valence-corrected chi connectivity index (χ1v) is 4.72. The van der Waals surface area contributed by atoms with E-state index in [0.717, 1.165) is 18.9 Å². The minimum Gasteiger partial charge on any atom is -0.870 e. The Kier molecular flexibility index (Phi) is 10.8. The molecule has 3 N–H and O–H groups in total. The maximum Gasteiger partial charge on any atom is 1.00 e. The van der Waals surface area contributed by atoms with Gasteiger partial charge in [0, 0.05) is 5.92 Å². The fourth-order valence-corrected chi connectivity index (χ4v) is 1.49. The molecule has 11 heteroatoms. The number of carboxylic acid groups (broad SMARTS) is 1. The molecule has 0 bridgehead atoms. The van der Waals surface area contributed by atoms with Crippen LogP contribution in [-0.4, -0.2) is 26.7 Å². The summed E-state index contributed by atoms with van der Waals surface area (Å²) in [5.41, 5.74) is -0.716. The third-order valence-corrected chi connectivity index (χ3v) is 2.36. The van der Waals surface area contributed by atoms with Gasteiger partial charge in [-0.15, -0.1) is 0 Å². The Morgan fingerprint density at radius 3 is 2.25 bits per heavy atom. The van der Waals surface area contributed by atoms with Crippen LogP contribution >= 0.6 is 0 Å². The molecule has 0 saturated heterocycles. The SMILES string of the molecule is O.O=C([O-])Cn1nc(C2CC2)cc1C(F)(F)F.[Li+].[Li+].[OH-]. The molecule has 1 fully saturated rings. The van der Waals surface area contributed by atoms with Gasteiger partial charge in [-0.2, -0.15) is 18.3 Å². The second kappa shape index (κ2) is 8.78. The zero-order chi connectivity index (χ0) is 11.9. The van der Waals surface area contributed by atoms with E-state index in [1.165, 1.54) is 0 Å². The topological polar surface area (TPSA) is 119 Å². The normalized spacial score (nSPS) is 13.2. The molecule has 0 radical (unpaired) electrons. The average Bonchev–Trinajstić information content (AvgIpc) is 2.86. The Hall–Kier alpha value is -0.415. The van der Waals surface area contributed by atoms with Crippen molar-refractivity contribution in [2.45, 2.75) is 31.5 Å². The molecule has 1 aromatic heterocycles. The number of aromatic nitrogens is 2. The Morgan fingerprint density at radius 1 is 1.40 bits per heavy atom. The molecule has 0 unspecified atom stereocenters. The number of hydrogen-bond acceptors (Lipinski definition) is 4. The van der Waals surface area contributed by atoms with Gasteiger partial charge in [0.15, 0.2) is 0 Å². The molecule has 1 saturated carbocycles. The smallest absolute Gasteiger partial charge is 0.870 e. The summed E-state index contributed by atoms with van der Waals surface area (Å²) in [6.07, 6.45) is -2.98. The van der Waals surface area contributed by atoms with Gasteiger partial charge in [0.2, 0.25) is 0 Å². The van der Waals surface area contributed by atoms with Crippen LogP contribution in [0.3, 0.4) is 0 Å². The van der Waals surface area contributed by atoms with E-state index in [2.05, 4.69) is 5.10 Å². The van der Waals surface area contributed by atoms with Crippen LogP contribution in [0.5, 0.6) is 0 Å². The van der Waals surface area contributed by atoms with E-state index in [-0.39, 0.29) is 54.6 Å². The fraction of sp³-hybridized carbons (Fsp3) is 0.556. The predicted octanol–water partition coefficient (Wildman–Crippen LogP) is -6.46. The number of hydrogen-bond donors (Lipinski definition) is 0. The van der Waals surface area contributed by atoms with Gasteiger partial charge in [-0.1, -0.05) is 0 Å². The first kappa shape index (κ1) is 24.6. The molecule has 0 atom stereocenters. The van der Waals surface area contributed by atoms with E-state index in [1.54, 1.807) is 0 Å². The zero-order valence-electron chi connectivity index (χ0n) is 11.1. The first-order chi connectivity index (χ1) is 7.38. The Bertz CT molecular complexity index is 435. The number of carbonyl (C=O) groups excluding carboxylic acids is 1. The third-order valence-electron chi connectivity index (χ3n) is 2.36. The fourth-order valence-electron chi connectivity index (χ4n) is 1.49. The molecule has 0 amide bonds. The van der Waals surface area contributed by atoms with E-state index in [9.17, 15) is 23.1 Å². The van der Waals surface area contributed by atoms with E-state index in [1.807, 2.05) is 0 Å². The number of rotatable bonds is 3. The summed E-state index contributed by atoms with van der Waals surface area (Å²) in [7, 11) is 0. The molecule has 1 aliphatic carbocycles. The van der Waals surface area contributed by atoms with Crippen molar-refractivity contribution >= 4 is 5.97 Å². The van der Waals surface area contributed by atoms with Crippen LogP contribution in [0.1, 0.15) is 30.1 Å². The minimum atomic E-state index is -4.59. The van der Waals surface area contributed by atoms with Crippen LogP contribution in [-0.2, 0) is 17.5 Å². The minimum absolute atomic E-state index is 0. The van der Waals surface area contributed by atoms with Gasteiger partial charge in [-0.05, 0) is 18.9 Å². The van der Waals surface area contributed by atoms with E-state index < -0.39 is 24.4 Å². The van der Waals surface area contributed by atoms with Crippen LogP contribution in [0.25, 0.3) is 0 Å². The molecule has 0 aliphatic heterocycles. The Balaban J connectivity index is -0.000000722. The van der Waals surface area contributed by atoms with Gasteiger partial charge in [0.05, 0.1) is 18.2 Å². The van der Waals surface area contributed by atoms with Gasteiger partial charge in [-0.3, -0.25) is 4.68 Å². The Morgan fingerprint density at radius 2 is 1.90 bits per heavy atom. The predicted molar refractivity (Wildman–Crippen MR) is 49.8 cm³/mol. The summed E-state index contributed by atoms with van der Waals surface area (Å²) in [6.45, 7) is -0.873. The number of halogens is 3. The summed E-state index contributed by atoms with van der Waals surface area (Å²) >= 11 is 0. The van der Waals surface area contributed by atoms with Crippen molar-refractivity contribution in [1.82, 2.24) is 9.78 Å². The molecule has 0 aromatic carbocycles. The van der Waals surface area contributed by atoms with Gasteiger partial charge in [-0.25, -0.2) is 0 Å². The average molecular weight is 282 g/mol. The van der Waals surface area contributed by atoms with Crippen molar-refractivity contribution in [3.8, 4) is 0 Å². The standard InChI is InChI=1S/C9H9F3N2O2.2Li.2H2O/c10-9(11,12)7-3-6(5-1-2-5)13-14(7)4-8(15)16;;;;/h3,5H,1-2,4H2,(H,15,16);;;2*1H2/q;2*+1;;/p-2. The third kappa shape index (κ3) is 5.92. The van der Waals surface area contributed by atoms with Crippen molar-refractivity contribution in [3.63, 3.8) is 0 Å². The van der Waals surface area contributed by atoms with Crippen molar-refractivity contribution in [1.29, 1.82) is 0 Å². The van der Waals surface area contributed by atoms with Crippen molar-refractivity contribution < 1.29 is 71.7 Å². The van der Waals surface area contributed by atoms with Crippen LogP contribution in [0.4, 0.5) is 13.2 Å². The summed E-state index contributed by atoms with van der Waals surface area (Å²) in [6, 6.07) is 0.917. The molecule has 1 heterocycles. The molecule has 1 aliphatic rings. The molecule has 0 spiro atoms. The van der Waals surface area contributed by atoms with Gasteiger partial charge < -0.3 is 20.9 Å². The summed E-state index contributed by atoms with van der Waals surface area (Å²) in [5, 5.41) is 14.0. The first-order valence-electron chi connectivity index (χ1n) is 4.72. The largest absolute Gasteiger partial charge is 1.00 e. The zero-order valence-corrected chi connectivity index (χ0v) is 11.1. The van der Waals surface area contributed by atoms with Crippen molar-refractivity contribution in [3.05, 3.63) is 17.5 Å². The van der Waals surface area contributed by atoms with Crippen LogP contribution in [0.15, 0.2) is 6.07 Å². The molecule has 1 aromatic rings. The second-order valence-electron chi connectivity index (χ2n) is 3.76. The monoisotopic (exact) mass is 282 g/mol. The van der Waals surface area contributed by atoms with Crippen LogP contribution < -0.4 is 42.8 Å². The van der Waals surface area contributed by atoms with Crippen LogP contribution in [0.2, 0.25) is 0 Å². The molecule has 2 rings (SSSR count). The van der Waals surface area contributed by atoms with Crippen molar-refractivity contribution in [2.75, 3.05) is 0 Å². The number of alkyl halides is 3. The second-order valence-corrected chi connectivity index (χ2v) is 3.76. The summed E-state index contributed by atoms with van der Waals surface area (Å²) < 4.78 is 38.0. The number of carboxylic acids is 1. The van der Waals surface area contributed by atoms with E-state index >= 15 is 0 Å². The summed E-state index contributed by atoms with van der Waals surface area (Å²) in [5.74, 6) is -1.54. The maximum absolute atomic E-state index is 12.5. The molecule has 20 heavy (non-hydrogen) atoms. The van der Waals surface area contributed by atoms with Gasteiger partial charge in [0.25, 0.3) is 0 Å². The number of aliphatic carboxylic acids is 1. The van der Waals surface area contributed by atoms with E-state index in [4.69, 9.17) is 0 Å². The molecular formula is C9H11F3Li2N2O4. The van der Waals surface area contributed by atoms with E-state index in [0.29, 0.717) is 10.4 Å². The van der Waals surface area contributed by atoms with Gasteiger partial charge >= 0.3 is 43.9 Å². The van der Waals surface area contributed by atoms with Crippen molar-refractivity contribution in [2.24, 2.45) is 0 Å². The Labute approximate surface area is 136 Å². The van der Waals surface area contributed by atoms with Gasteiger partial charge in [0.1, 0.15) is 5.69 Å². The number of carbonyl (C=O) groups is 1. The molecule has 104 valence electrons.